The van der Waals surface area contributed by atoms with Crippen molar-refractivity contribution in [2.45, 2.75) is 53.1 Å². The van der Waals surface area contributed by atoms with Crippen molar-refractivity contribution in [1.82, 2.24) is 0 Å². The number of nitro groups is 1. The fourth-order valence-corrected chi connectivity index (χ4v) is 3.44. The van der Waals surface area contributed by atoms with Gasteiger partial charge in [0.2, 0.25) is 0 Å². The third kappa shape index (κ3) is 4.09. The molecule has 1 saturated carbocycles. The molecular weight excluding hydrogens is 294 g/mol. The first-order chi connectivity index (χ1) is 10.8. The van der Waals surface area contributed by atoms with Crippen LogP contribution in [-0.2, 0) is 4.74 Å². The fourth-order valence-electron chi connectivity index (χ4n) is 3.44. The van der Waals surface area contributed by atoms with Crippen molar-refractivity contribution in [1.29, 1.82) is 0 Å². The Morgan fingerprint density at radius 1 is 1.35 bits per heavy atom. The maximum atomic E-state index is 12.4. The molecule has 0 saturated heterocycles. The van der Waals surface area contributed by atoms with E-state index in [2.05, 4.69) is 20.8 Å². The fraction of sp³-hybridized carbons (Fsp3) is 0.611. The van der Waals surface area contributed by atoms with Gasteiger partial charge in [0.05, 0.1) is 10.5 Å². The second-order valence-electron chi connectivity index (χ2n) is 7.03. The van der Waals surface area contributed by atoms with Gasteiger partial charge in [-0.25, -0.2) is 4.79 Å². The van der Waals surface area contributed by atoms with Gasteiger partial charge >= 0.3 is 5.97 Å². The van der Waals surface area contributed by atoms with Crippen LogP contribution >= 0.6 is 0 Å². The van der Waals surface area contributed by atoms with Crippen molar-refractivity contribution < 1.29 is 14.5 Å². The van der Waals surface area contributed by atoms with Gasteiger partial charge in [0.15, 0.2) is 0 Å². The predicted molar refractivity (Wildman–Crippen MR) is 88.4 cm³/mol. The number of nitrogens with zero attached hydrogens (tertiary/aromatic N) is 1. The van der Waals surface area contributed by atoms with E-state index in [9.17, 15) is 14.9 Å². The Labute approximate surface area is 137 Å². The van der Waals surface area contributed by atoms with E-state index in [-0.39, 0.29) is 17.8 Å². The number of carbonyl (C=O) groups is 1. The molecule has 3 atom stereocenters. The number of esters is 1. The van der Waals surface area contributed by atoms with Crippen LogP contribution in [0.3, 0.4) is 0 Å². The van der Waals surface area contributed by atoms with E-state index in [1.807, 2.05) is 0 Å². The lowest BCUT2D eigenvalue weighted by Crippen LogP contribution is -2.35. The first kappa shape index (κ1) is 17.4. The quantitative estimate of drug-likeness (QED) is 0.465. The molecule has 1 fully saturated rings. The molecule has 0 aliphatic heterocycles. The predicted octanol–water partition coefficient (Wildman–Crippen LogP) is 4.52. The first-order valence-electron chi connectivity index (χ1n) is 8.25. The van der Waals surface area contributed by atoms with Crippen LogP contribution < -0.4 is 0 Å². The van der Waals surface area contributed by atoms with E-state index in [1.54, 1.807) is 6.92 Å². The van der Waals surface area contributed by atoms with Crippen LogP contribution in [0, 0.1) is 34.8 Å². The summed E-state index contributed by atoms with van der Waals surface area (Å²) in [4.78, 5) is 22.8. The number of nitro benzene ring substituents is 1. The van der Waals surface area contributed by atoms with Crippen LogP contribution in [0.25, 0.3) is 0 Å². The van der Waals surface area contributed by atoms with Gasteiger partial charge in [0.1, 0.15) is 6.10 Å². The summed E-state index contributed by atoms with van der Waals surface area (Å²) in [5, 5.41) is 10.9. The highest BCUT2D eigenvalue weighted by Gasteiger charge is 2.33. The van der Waals surface area contributed by atoms with Gasteiger partial charge in [0.25, 0.3) is 5.69 Å². The number of ether oxygens (including phenoxy) is 1. The topological polar surface area (TPSA) is 69.4 Å². The van der Waals surface area contributed by atoms with Crippen molar-refractivity contribution in [3.05, 3.63) is 39.4 Å². The number of aryl methyl sites for hydroxylation is 1. The van der Waals surface area contributed by atoms with Gasteiger partial charge < -0.3 is 4.74 Å². The molecule has 0 bridgehead atoms. The molecule has 1 aromatic carbocycles. The number of hydrogen-bond donors (Lipinski definition) is 0. The number of hydrogen-bond acceptors (Lipinski definition) is 4. The summed E-state index contributed by atoms with van der Waals surface area (Å²) in [5.74, 6) is 1.03. The molecule has 0 heterocycles. The lowest BCUT2D eigenvalue weighted by Gasteiger charge is -2.36. The summed E-state index contributed by atoms with van der Waals surface area (Å²) in [6.07, 6.45) is 3.08. The van der Waals surface area contributed by atoms with Crippen LogP contribution in [0.15, 0.2) is 18.2 Å². The van der Waals surface area contributed by atoms with E-state index < -0.39 is 4.92 Å². The SMILES string of the molecule is Cc1cc(C(=O)O[C@H]2C[C@H](C)CC[C@@H]2C(C)C)ccc1[N+](=O)[O-]. The summed E-state index contributed by atoms with van der Waals surface area (Å²) >= 11 is 0. The zero-order chi connectivity index (χ0) is 17.1. The molecule has 0 amide bonds. The summed E-state index contributed by atoms with van der Waals surface area (Å²) < 4.78 is 5.77. The van der Waals surface area contributed by atoms with Crippen LogP contribution in [0.5, 0.6) is 0 Å². The van der Waals surface area contributed by atoms with E-state index in [4.69, 9.17) is 4.74 Å². The van der Waals surface area contributed by atoms with Crippen LogP contribution in [0.2, 0.25) is 0 Å². The molecule has 0 spiro atoms. The Balaban J connectivity index is 2.13. The Hall–Kier alpha value is -1.91. The molecule has 23 heavy (non-hydrogen) atoms. The van der Waals surface area contributed by atoms with Crippen molar-refractivity contribution in [2.24, 2.45) is 17.8 Å². The maximum Gasteiger partial charge on any atom is 0.338 e. The lowest BCUT2D eigenvalue weighted by molar-refractivity contribution is -0.385. The summed E-state index contributed by atoms with van der Waals surface area (Å²) in [6, 6.07) is 4.39. The normalized spacial score (nSPS) is 24.5. The van der Waals surface area contributed by atoms with E-state index in [0.717, 1.165) is 12.8 Å². The molecule has 5 heteroatoms. The second-order valence-corrected chi connectivity index (χ2v) is 7.03. The molecule has 5 nitrogen and oxygen atoms in total. The third-order valence-corrected chi connectivity index (χ3v) is 4.85. The monoisotopic (exact) mass is 319 g/mol. The molecule has 1 aliphatic carbocycles. The average molecular weight is 319 g/mol. The molecule has 0 radical (unpaired) electrons. The van der Waals surface area contributed by atoms with Gasteiger partial charge in [-0.3, -0.25) is 10.1 Å². The number of rotatable bonds is 4. The van der Waals surface area contributed by atoms with Crippen molar-refractivity contribution in [3.63, 3.8) is 0 Å². The molecule has 0 unspecified atom stereocenters. The molecule has 0 N–H and O–H groups in total. The molecule has 126 valence electrons. The molecule has 0 aromatic heterocycles. The van der Waals surface area contributed by atoms with Gasteiger partial charge in [0, 0.05) is 11.6 Å². The zero-order valence-corrected chi connectivity index (χ0v) is 14.2. The summed E-state index contributed by atoms with van der Waals surface area (Å²) in [5.41, 5.74) is 0.878. The number of benzene rings is 1. The standard InChI is InChI=1S/C18H25NO4/c1-11(2)15-7-5-12(3)9-17(15)23-18(20)14-6-8-16(19(21)22)13(4)10-14/h6,8,10-12,15,17H,5,7,9H2,1-4H3/t12-,15-,17+/m1/s1. The highest BCUT2D eigenvalue weighted by atomic mass is 16.6. The minimum absolute atomic E-state index is 0.0212. The van der Waals surface area contributed by atoms with E-state index in [0.29, 0.717) is 28.9 Å². The molecule has 1 aliphatic rings. The maximum absolute atomic E-state index is 12.4. The highest BCUT2D eigenvalue weighted by Crippen LogP contribution is 2.35. The van der Waals surface area contributed by atoms with Crippen LogP contribution in [0.1, 0.15) is 56.0 Å². The van der Waals surface area contributed by atoms with Crippen LogP contribution in [-0.4, -0.2) is 17.0 Å². The minimum atomic E-state index is -0.442. The number of carbonyl (C=O) groups excluding carboxylic acids is 1. The third-order valence-electron chi connectivity index (χ3n) is 4.85. The van der Waals surface area contributed by atoms with Crippen LogP contribution in [0.4, 0.5) is 5.69 Å². The lowest BCUT2D eigenvalue weighted by atomic mass is 9.75. The summed E-state index contributed by atoms with van der Waals surface area (Å²) in [7, 11) is 0. The highest BCUT2D eigenvalue weighted by molar-refractivity contribution is 5.90. The van der Waals surface area contributed by atoms with E-state index >= 15 is 0 Å². The van der Waals surface area contributed by atoms with Gasteiger partial charge in [-0.05, 0) is 49.7 Å². The molecular formula is C18H25NO4. The average Bonchev–Trinajstić information content (AvgIpc) is 2.46. The minimum Gasteiger partial charge on any atom is -0.458 e. The Bertz CT molecular complexity index is 597. The first-order valence-corrected chi connectivity index (χ1v) is 8.25. The molecule has 2 rings (SSSR count). The molecule has 1 aromatic rings. The van der Waals surface area contributed by atoms with Crippen molar-refractivity contribution in [3.8, 4) is 0 Å². The van der Waals surface area contributed by atoms with Crippen molar-refractivity contribution in [2.75, 3.05) is 0 Å². The van der Waals surface area contributed by atoms with Gasteiger partial charge in [-0.1, -0.05) is 27.2 Å². The van der Waals surface area contributed by atoms with Gasteiger partial charge in [-0.15, -0.1) is 0 Å². The summed E-state index contributed by atoms with van der Waals surface area (Å²) in [6.45, 7) is 8.15. The Morgan fingerprint density at radius 2 is 2.04 bits per heavy atom. The largest absolute Gasteiger partial charge is 0.458 e. The van der Waals surface area contributed by atoms with E-state index in [1.165, 1.54) is 24.6 Å². The Morgan fingerprint density at radius 3 is 2.61 bits per heavy atom. The Kier molecular flexibility index (Phi) is 5.39. The smallest absolute Gasteiger partial charge is 0.338 e. The van der Waals surface area contributed by atoms with Gasteiger partial charge in [-0.2, -0.15) is 0 Å². The second kappa shape index (κ2) is 7.11. The zero-order valence-electron chi connectivity index (χ0n) is 14.2. The van der Waals surface area contributed by atoms with Crippen molar-refractivity contribution >= 4 is 11.7 Å².